The Balaban J connectivity index is 1.49. The average Bonchev–Trinajstić information content (AvgIpc) is 3.43. The summed E-state index contributed by atoms with van der Waals surface area (Å²) in [6.07, 6.45) is 1.76. The van der Waals surface area contributed by atoms with Crippen molar-refractivity contribution in [3.05, 3.63) is 53.9 Å². The van der Waals surface area contributed by atoms with E-state index in [1.54, 1.807) is 6.08 Å². The van der Waals surface area contributed by atoms with E-state index in [2.05, 4.69) is 26.7 Å². The van der Waals surface area contributed by atoms with Gasteiger partial charge >= 0.3 is 0 Å². The smallest absolute Gasteiger partial charge is 0.231 e. The topological polar surface area (TPSA) is 78.3 Å². The zero-order valence-corrected chi connectivity index (χ0v) is 17.7. The zero-order valence-electron chi connectivity index (χ0n) is 16.1. The lowest BCUT2D eigenvalue weighted by Gasteiger charge is -2.10. The maximum atomic E-state index is 12.9. The first-order valence-corrected chi connectivity index (χ1v) is 10.8. The number of hydrogen-bond donors (Lipinski definition) is 1. The van der Waals surface area contributed by atoms with Crippen LogP contribution in [-0.2, 0) is 0 Å². The molecule has 0 unspecified atom stereocenters. The van der Waals surface area contributed by atoms with Crippen molar-refractivity contribution in [2.75, 3.05) is 24.4 Å². The van der Waals surface area contributed by atoms with Gasteiger partial charge in [0.2, 0.25) is 11.9 Å². The Morgan fingerprint density at radius 1 is 1.31 bits per heavy atom. The molecule has 0 radical (unpaired) electrons. The zero-order chi connectivity index (χ0) is 20.4. The number of fused-ring (bicyclic) bond motifs is 1. The second kappa shape index (κ2) is 8.30. The van der Waals surface area contributed by atoms with Crippen molar-refractivity contribution in [2.24, 2.45) is 0 Å². The van der Waals surface area contributed by atoms with Crippen LogP contribution in [0.2, 0.25) is 0 Å². The largest absolute Gasteiger partial charge is 0.454 e. The molecule has 9 heteroatoms. The summed E-state index contributed by atoms with van der Waals surface area (Å²) in [5, 5.41) is 12.0. The maximum Gasteiger partial charge on any atom is 0.231 e. The van der Waals surface area contributed by atoms with Gasteiger partial charge in [0.05, 0.1) is 5.75 Å². The van der Waals surface area contributed by atoms with Gasteiger partial charge in [-0.15, -0.1) is 16.8 Å². The quantitative estimate of drug-likeness (QED) is 0.326. The van der Waals surface area contributed by atoms with Gasteiger partial charge in [0.1, 0.15) is 0 Å². The van der Waals surface area contributed by atoms with Gasteiger partial charge in [0, 0.05) is 35.2 Å². The summed E-state index contributed by atoms with van der Waals surface area (Å²) in [6, 6.07) is 7.72. The number of anilines is 1. The molecule has 29 heavy (non-hydrogen) atoms. The molecule has 1 aliphatic rings. The van der Waals surface area contributed by atoms with E-state index >= 15 is 0 Å². The van der Waals surface area contributed by atoms with Crippen LogP contribution < -0.4 is 14.8 Å². The molecular formula is C20H20N4O3S2. The normalized spacial score (nSPS) is 12.2. The van der Waals surface area contributed by atoms with Gasteiger partial charge in [-0.1, -0.05) is 29.2 Å². The summed E-state index contributed by atoms with van der Waals surface area (Å²) in [4.78, 5) is 12.9. The summed E-state index contributed by atoms with van der Waals surface area (Å²) in [6.45, 7) is 8.47. The van der Waals surface area contributed by atoms with Crippen molar-refractivity contribution in [1.29, 1.82) is 0 Å². The Kier molecular flexibility index (Phi) is 5.59. The van der Waals surface area contributed by atoms with Crippen molar-refractivity contribution in [3.63, 3.8) is 0 Å². The highest BCUT2D eigenvalue weighted by Crippen LogP contribution is 2.35. The van der Waals surface area contributed by atoms with E-state index < -0.39 is 0 Å². The first-order valence-electron chi connectivity index (χ1n) is 9.00. The van der Waals surface area contributed by atoms with Crippen molar-refractivity contribution >= 4 is 34.0 Å². The van der Waals surface area contributed by atoms with Crippen LogP contribution in [-0.4, -0.2) is 39.6 Å². The fraction of sp³-hybridized carbons (Fsp3) is 0.250. The highest BCUT2D eigenvalue weighted by molar-refractivity contribution is 8.01. The van der Waals surface area contributed by atoms with E-state index in [-0.39, 0.29) is 12.6 Å². The molecule has 2 aromatic heterocycles. The predicted octanol–water partition coefficient (Wildman–Crippen LogP) is 4.25. The molecule has 1 aliphatic heterocycles. The third-order valence-corrected chi connectivity index (χ3v) is 6.49. The molecule has 0 aliphatic carbocycles. The lowest BCUT2D eigenvalue weighted by Crippen LogP contribution is -2.05. The number of carbonyl (C=O) groups excluding carboxylic acids is 1. The molecule has 0 saturated carbocycles. The Bertz CT molecular complexity index is 1070. The van der Waals surface area contributed by atoms with Crippen LogP contribution in [0.5, 0.6) is 11.5 Å². The van der Waals surface area contributed by atoms with Gasteiger partial charge in [0.15, 0.2) is 21.6 Å². The third kappa shape index (κ3) is 4.01. The lowest BCUT2D eigenvalue weighted by atomic mass is 10.2. The second-order valence-electron chi connectivity index (χ2n) is 6.41. The lowest BCUT2D eigenvalue weighted by molar-refractivity contribution is 0.102. The van der Waals surface area contributed by atoms with Gasteiger partial charge in [-0.25, -0.2) is 0 Å². The Labute approximate surface area is 176 Å². The second-order valence-corrected chi connectivity index (χ2v) is 8.61. The average molecular weight is 429 g/mol. The van der Waals surface area contributed by atoms with Gasteiger partial charge < -0.3 is 19.4 Å². The minimum absolute atomic E-state index is 0.0610. The number of hydrogen-bond acceptors (Lipinski definition) is 8. The SMILES string of the molecule is C=CCNc1nnc(SCC(=O)c2cc(C)n(-c3ccc4c(c3)OCO4)c2C)s1. The van der Waals surface area contributed by atoms with E-state index in [1.165, 1.54) is 23.1 Å². The molecular weight excluding hydrogens is 408 g/mol. The molecule has 0 atom stereocenters. The first kappa shape index (κ1) is 19.5. The van der Waals surface area contributed by atoms with Crippen LogP contribution >= 0.6 is 23.1 Å². The molecule has 4 rings (SSSR count). The highest BCUT2D eigenvalue weighted by atomic mass is 32.2. The van der Waals surface area contributed by atoms with E-state index in [0.717, 1.165) is 38.0 Å². The van der Waals surface area contributed by atoms with Gasteiger partial charge in [0.25, 0.3) is 0 Å². The number of ether oxygens (including phenoxy) is 2. The summed E-state index contributed by atoms with van der Waals surface area (Å²) in [5.74, 6) is 1.83. The number of thioether (sulfide) groups is 1. The van der Waals surface area contributed by atoms with Gasteiger partial charge in [-0.05, 0) is 32.0 Å². The van der Waals surface area contributed by atoms with Crippen LogP contribution in [0.3, 0.4) is 0 Å². The standard InChI is InChI=1S/C20H20N4O3S2/c1-4-7-21-19-22-23-20(29-19)28-10-16(25)15-8-12(2)24(13(15)3)14-5-6-17-18(9-14)27-11-26-17/h4-6,8-9H,1,7,10-11H2,2-3H3,(H,21,22). The van der Waals surface area contributed by atoms with Crippen molar-refractivity contribution in [1.82, 2.24) is 14.8 Å². The van der Waals surface area contributed by atoms with Gasteiger partial charge in [-0.2, -0.15) is 0 Å². The van der Waals surface area contributed by atoms with Crippen LogP contribution in [0.25, 0.3) is 5.69 Å². The Morgan fingerprint density at radius 3 is 2.97 bits per heavy atom. The molecule has 3 aromatic rings. The van der Waals surface area contributed by atoms with E-state index in [0.29, 0.717) is 17.9 Å². The van der Waals surface area contributed by atoms with Crippen molar-refractivity contribution in [3.8, 4) is 17.2 Å². The number of ketones is 1. The molecule has 0 bridgehead atoms. The molecule has 0 spiro atoms. The Morgan fingerprint density at radius 2 is 2.14 bits per heavy atom. The number of aryl methyl sites for hydroxylation is 1. The minimum atomic E-state index is 0.0610. The summed E-state index contributed by atoms with van der Waals surface area (Å²) >= 11 is 2.83. The van der Waals surface area contributed by atoms with E-state index in [4.69, 9.17) is 9.47 Å². The van der Waals surface area contributed by atoms with E-state index in [9.17, 15) is 4.79 Å². The monoisotopic (exact) mass is 428 g/mol. The Hall–Kier alpha value is -2.78. The summed E-state index contributed by atoms with van der Waals surface area (Å²) in [7, 11) is 0. The van der Waals surface area contributed by atoms with Crippen LogP contribution in [0.1, 0.15) is 21.7 Å². The molecule has 3 heterocycles. The van der Waals surface area contributed by atoms with Crippen molar-refractivity contribution in [2.45, 2.75) is 18.2 Å². The summed E-state index contributed by atoms with van der Waals surface area (Å²) < 4.78 is 13.7. The predicted molar refractivity (Wildman–Crippen MR) is 115 cm³/mol. The van der Waals surface area contributed by atoms with Crippen LogP contribution in [0.15, 0.2) is 41.3 Å². The number of rotatable bonds is 8. The third-order valence-electron chi connectivity index (χ3n) is 4.48. The van der Waals surface area contributed by atoms with E-state index in [1.807, 2.05) is 38.1 Å². The van der Waals surface area contributed by atoms with Crippen LogP contribution in [0.4, 0.5) is 5.13 Å². The molecule has 0 saturated heterocycles. The van der Waals surface area contributed by atoms with Crippen LogP contribution in [0, 0.1) is 13.8 Å². The number of nitrogens with one attached hydrogen (secondary N) is 1. The fourth-order valence-corrected chi connectivity index (χ4v) is 4.81. The number of benzene rings is 1. The van der Waals surface area contributed by atoms with Crippen molar-refractivity contribution < 1.29 is 14.3 Å². The molecule has 0 fully saturated rings. The maximum absolute atomic E-state index is 12.9. The molecule has 0 amide bonds. The van der Waals surface area contributed by atoms with Gasteiger partial charge in [-0.3, -0.25) is 4.79 Å². The number of Topliss-reactive ketones (excluding diaryl/α,β-unsaturated/α-hetero) is 1. The number of nitrogens with zero attached hydrogens (tertiary/aromatic N) is 3. The minimum Gasteiger partial charge on any atom is -0.454 e. The summed E-state index contributed by atoms with van der Waals surface area (Å²) in [5.41, 5.74) is 3.54. The highest BCUT2D eigenvalue weighted by Gasteiger charge is 2.20. The molecule has 1 N–H and O–H groups in total. The number of carbonyl (C=O) groups is 1. The molecule has 150 valence electrons. The molecule has 1 aromatic carbocycles. The molecule has 7 nitrogen and oxygen atoms in total. The number of aromatic nitrogens is 3. The fourth-order valence-electron chi connectivity index (χ4n) is 3.17. The first-order chi connectivity index (χ1) is 14.1.